The maximum atomic E-state index is 5.41. The molecule has 0 spiro atoms. The molecule has 2 N–H and O–H groups in total. The van der Waals surface area contributed by atoms with Crippen molar-refractivity contribution in [2.24, 2.45) is 5.73 Å². The van der Waals surface area contributed by atoms with E-state index in [1.165, 1.54) is 6.26 Å². The van der Waals surface area contributed by atoms with E-state index in [0.717, 1.165) is 5.56 Å². The third-order valence-corrected chi connectivity index (χ3v) is 1.99. The molecule has 0 aliphatic carbocycles. The molecule has 0 saturated carbocycles. The lowest BCUT2D eigenvalue weighted by molar-refractivity contribution is 0.574. The Balaban J connectivity index is 2.39. The van der Waals surface area contributed by atoms with Gasteiger partial charge in [-0.1, -0.05) is 30.4 Å². The summed E-state index contributed by atoms with van der Waals surface area (Å²) in [4.78, 5) is 4.39. The second-order valence-electron chi connectivity index (χ2n) is 2.77. The summed E-state index contributed by atoms with van der Waals surface area (Å²) in [6, 6.07) is 9.59. The first-order valence-corrected chi connectivity index (χ1v) is 4.49. The Hall–Kier alpha value is -1.68. The molecule has 0 fully saturated rings. The zero-order valence-corrected chi connectivity index (χ0v) is 8.12. The maximum Gasteiger partial charge on any atom is 0.226 e. The fourth-order valence-electron chi connectivity index (χ4n) is 1.10. The van der Waals surface area contributed by atoms with E-state index in [9.17, 15) is 0 Å². The molecule has 70 valence electrons. The van der Waals surface area contributed by atoms with Crippen molar-refractivity contribution in [3.63, 3.8) is 0 Å². The standard InChI is InChI=1S/C10H8N2OS/c11-9(14)8-6-13-10(12-8)7-4-2-1-3-5-7/h1-6H,(H2,11,14). The Morgan fingerprint density at radius 3 is 2.57 bits per heavy atom. The van der Waals surface area contributed by atoms with Crippen LogP contribution in [0.3, 0.4) is 0 Å². The molecule has 0 unspecified atom stereocenters. The highest BCUT2D eigenvalue weighted by Crippen LogP contribution is 2.17. The normalized spacial score (nSPS) is 10.0. The molecule has 0 radical (unpaired) electrons. The predicted octanol–water partition coefficient (Wildman–Crippen LogP) is 1.98. The topological polar surface area (TPSA) is 52.0 Å². The number of rotatable bonds is 2. The van der Waals surface area contributed by atoms with Gasteiger partial charge in [-0.2, -0.15) is 0 Å². The first-order valence-electron chi connectivity index (χ1n) is 4.08. The molecule has 0 atom stereocenters. The average molecular weight is 204 g/mol. The first kappa shape index (κ1) is 8.90. The Morgan fingerprint density at radius 1 is 1.29 bits per heavy atom. The van der Waals surface area contributed by atoms with Gasteiger partial charge in [0.15, 0.2) is 0 Å². The van der Waals surface area contributed by atoms with Crippen LogP contribution in [-0.4, -0.2) is 9.97 Å². The van der Waals surface area contributed by atoms with Gasteiger partial charge in [-0.3, -0.25) is 0 Å². The van der Waals surface area contributed by atoms with Gasteiger partial charge in [0.1, 0.15) is 16.9 Å². The maximum absolute atomic E-state index is 5.41. The molecular formula is C10H8N2OS. The number of oxazole rings is 1. The predicted molar refractivity (Wildman–Crippen MR) is 57.8 cm³/mol. The fourth-order valence-corrected chi connectivity index (χ4v) is 1.19. The Labute approximate surface area is 86.6 Å². The summed E-state index contributed by atoms with van der Waals surface area (Å²) in [7, 11) is 0. The van der Waals surface area contributed by atoms with Crippen molar-refractivity contribution in [2.45, 2.75) is 0 Å². The molecule has 3 nitrogen and oxygen atoms in total. The van der Waals surface area contributed by atoms with Gasteiger partial charge in [0.2, 0.25) is 5.89 Å². The van der Waals surface area contributed by atoms with Gasteiger partial charge in [-0.05, 0) is 12.1 Å². The van der Waals surface area contributed by atoms with Crippen LogP contribution in [0, 0.1) is 0 Å². The van der Waals surface area contributed by atoms with Gasteiger partial charge < -0.3 is 10.2 Å². The number of hydrogen-bond acceptors (Lipinski definition) is 3. The molecule has 1 aromatic heterocycles. The number of aromatic nitrogens is 1. The van der Waals surface area contributed by atoms with Crippen LogP contribution in [0.15, 0.2) is 41.0 Å². The summed E-state index contributed by atoms with van der Waals surface area (Å²) in [6.45, 7) is 0. The van der Waals surface area contributed by atoms with Crippen LogP contribution in [0.2, 0.25) is 0 Å². The molecule has 2 rings (SSSR count). The lowest BCUT2D eigenvalue weighted by atomic mass is 10.2. The Bertz CT molecular complexity index is 450. The zero-order chi connectivity index (χ0) is 9.97. The van der Waals surface area contributed by atoms with E-state index >= 15 is 0 Å². The molecule has 0 aliphatic heterocycles. The van der Waals surface area contributed by atoms with E-state index in [-0.39, 0.29) is 4.99 Å². The number of nitrogens with zero attached hydrogens (tertiary/aromatic N) is 1. The van der Waals surface area contributed by atoms with E-state index in [1.807, 2.05) is 30.3 Å². The van der Waals surface area contributed by atoms with Gasteiger partial charge in [-0.25, -0.2) is 4.98 Å². The number of nitrogens with two attached hydrogens (primary N) is 1. The van der Waals surface area contributed by atoms with Crippen LogP contribution in [0.25, 0.3) is 11.5 Å². The number of hydrogen-bond donors (Lipinski definition) is 1. The van der Waals surface area contributed by atoms with Crippen LogP contribution < -0.4 is 5.73 Å². The van der Waals surface area contributed by atoms with Crippen LogP contribution in [0.4, 0.5) is 0 Å². The summed E-state index contributed by atoms with van der Waals surface area (Å²) in [6.07, 6.45) is 1.46. The Kier molecular flexibility index (Phi) is 2.28. The third kappa shape index (κ3) is 1.65. The highest BCUT2D eigenvalue weighted by atomic mass is 32.1. The van der Waals surface area contributed by atoms with Crippen molar-refractivity contribution >= 4 is 17.2 Å². The van der Waals surface area contributed by atoms with E-state index in [4.69, 9.17) is 22.4 Å². The Morgan fingerprint density at radius 2 is 2.00 bits per heavy atom. The van der Waals surface area contributed by atoms with Crippen LogP contribution >= 0.6 is 12.2 Å². The van der Waals surface area contributed by atoms with E-state index in [2.05, 4.69) is 4.98 Å². The molecule has 1 heterocycles. The minimum Gasteiger partial charge on any atom is -0.444 e. The molecule has 14 heavy (non-hydrogen) atoms. The molecule has 4 heteroatoms. The molecule has 0 bridgehead atoms. The molecule has 0 amide bonds. The SMILES string of the molecule is NC(=S)c1coc(-c2ccccc2)n1. The lowest BCUT2D eigenvalue weighted by Crippen LogP contribution is -2.09. The summed E-state index contributed by atoms with van der Waals surface area (Å²) >= 11 is 4.78. The monoisotopic (exact) mass is 204 g/mol. The van der Waals surface area contributed by atoms with Crippen molar-refractivity contribution in [2.75, 3.05) is 0 Å². The second kappa shape index (κ2) is 3.59. The van der Waals surface area contributed by atoms with E-state index in [0.29, 0.717) is 11.6 Å². The largest absolute Gasteiger partial charge is 0.444 e. The van der Waals surface area contributed by atoms with Crippen LogP contribution in [0.1, 0.15) is 5.69 Å². The van der Waals surface area contributed by atoms with Crippen molar-refractivity contribution in [3.8, 4) is 11.5 Å². The molecule has 0 saturated heterocycles. The van der Waals surface area contributed by atoms with Gasteiger partial charge in [-0.15, -0.1) is 0 Å². The fraction of sp³-hybridized carbons (Fsp3) is 0. The first-order chi connectivity index (χ1) is 6.77. The van der Waals surface area contributed by atoms with Crippen LogP contribution in [0.5, 0.6) is 0 Å². The zero-order valence-electron chi connectivity index (χ0n) is 7.31. The van der Waals surface area contributed by atoms with Gasteiger partial charge in [0.05, 0.1) is 0 Å². The number of benzene rings is 1. The van der Waals surface area contributed by atoms with Crippen molar-refractivity contribution in [1.82, 2.24) is 4.98 Å². The average Bonchev–Trinajstić information content (AvgIpc) is 2.68. The van der Waals surface area contributed by atoms with E-state index < -0.39 is 0 Å². The quantitative estimate of drug-likeness (QED) is 0.760. The van der Waals surface area contributed by atoms with E-state index in [1.54, 1.807) is 0 Å². The minimum atomic E-state index is 0.246. The van der Waals surface area contributed by atoms with Crippen molar-refractivity contribution < 1.29 is 4.42 Å². The summed E-state index contributed by atoms with van der Waals surface area (Å²) in [5, 5.41) is 0. The van der Waals surface area contributed by atoms with Crippen LogP contribution in [-0.2, 0) is 0 Å². The van der Waals surface area contributed by atoms with Gasteiger partial charge in [0.25, 0.3) is 0 Å². The summed E-state index contributed by atoms with van der Waals surface area (Å²) in [5.41, 5.74) is 6.84. The molecular weight excluding hydrogens is 196 g/mol. The van der Waals surface area contributed by atoms with Gasteiger partial charge in [0, 0.05) is 5.56 Å². The molecule has 0 aliphatic rings. The smallest absolute Gasteiger partial charge is 0.226 e. The summed E-state index contributed by atoms with van der Waals surface area (Å²) in [5.74, 6) is 0.536. The summed E-state index contributed by atoms with van der Waals surface area (Å²) < 4.78 is 5.23. The number of thiocarbonyl (C=S) groups is 1. The highest BCUT2D eigenvalue weighted by molar-refractivity contribution is 7.80. The minimum absolute atomic E-state index is 0.246. The van der Waals surface area contributed by atoms with Crippen molar-refractivity contribution in [1.29, 1.82) is 0 Å². The highest BCUT2D eigenvalue weighted by Gasteiger charge is 2.06. The third-order valence-electron chi connectivity index (χ3n) is 1.78. The lowest BCUT2D eigenvalue weighted by Gasteiger charge is -1.91. The second-order valence-corrected chi connectivity index (χ2v) is 3.21. The van der Waals surface area contributed by atoms with Crippen molar-refractivity contribution in [3.05, 3.63) is 42.3 Å². The van der Waals surface area contributed by atoms with Gasteiger partial charge >= 0.3 is 0 Å². The molecule has 1 aromatic carbocycles. The molecule has 2 aromatic rings.